The molecule has 10 heavy (non-hydrogen) atoms. The molecule has 4 nitrogen and oxygen atoms in total. The summed E-state index contributed by atoms with van der Waals surface area (Å²) in [6.07, 6.45) is 0.444. The van der Waals surface area contributed by atoms with Crippen molar-refractivity contribution in [1.82, 2.24) is 5.32 Å². The van der Waals surface area contributed by atoms with Crippen LogP contribution in [0, 0.1) is 0 Å². The zero-order valence-electron chi connectivity index (χ0n) is 5.89. The minimum absolute atomic E-state index is 0.305. The lowest BCUT2D eigenvalue weighted by atomic mass is 10.0. The quantitative estimate of drug-likeness (QED) is 0.459. The van der Waals surface area contributed by atoms with Gasteiger partial charge in [0, 0.05) is 13.0 Å². The number of hydrogen-bond acceptors (Lipinski definition) is 4. The number of carbonyl (C=O) groups excluding carboxylic acids is 1. The topological polar surface area (TPSA) is 58.6 Å². The predicted molar refractivity (Wildman–Crippen MR) is 34.5 cm³/mol. The summed E-state index contributed by atoms with van der Waals surface area (Å²) in [5, 5.41) is 12.3. The van der Waals surface area contributed by atoms with E-state index in [9.17, 15) is 9.90 Å². The summed E-state index contributed by atoms with van der Waals surface area (Å²) < 4.78 is 4.41. The summed E-state index contributed by atoms with van der Waals surface area (Å²) in [5.74, 6) is -0.544. The monoisotopic (exact) mass is 145 g/mol. The highest BCUT2D eigenvalue weighted by atomic mass is 16.5. The molecule has 0 radical (unpaired) electrons. The van der Waals surface area contributed by atoms with Crippen LogP contribution in [0.3, 0.4) is 0 Å². The second-order valence-electron chi connectivity index (χ2n) is 2.45. The van der Waals surface area contributed by atoms with Gasteiger partial charge >= 0.3 is 5.97 Å². The molecule has 0 spiro atoms. The summed E-state index contributed by atoms with van der Waals surface area (Å²) in [6.45, 7) is 0.977. The van der Waals surface area contributed by atoms with Gasteiger partial charge in [0.2, 0.25) is 0 Å². The van der Waals surface area contributed by atoms with Gasteiger partial charge in [-0.15, -0.1) is 0 Å². The highest BCUT2D eigenvalue weighted by Gasteiger charge is 2.39. The first-order chi connectivity index (χ1) is 4.69. The average molecular weight is 145 g/mol. The third-order valence-electron chi connectivity index (χ3n) is 1.70. The Balaban J connectivity index is 2.58. The second kappa shape index (κ2) is 2.56. The van der Waals surface area contributed by atoms with Crippen molar-refractivity contribution >= 4 is 5.97 Å². The molecule has 0 bridgehead atoms. The zero-order chi connectivity index (χ0) is 7.61. The Morgan fingerprint density at radius 1 is 1.80 bits per heavy atom. The lowest BCUT2D eigenvalue weighted by molar-refractivity contribution is -0.160. The Morgan fingerprint density at radius 2 is 2.50 bits per heavy atom. The lowest BCUT2D eigenvalue weighted by Gasteiger charge is -2.16. The third-order valence-corrected chi connectivity index (χ3v) is 1.70. The van der Waals surface area contributed by atoms with E-state index in [1.165, 1.54) is 7.11 Å². The molecule has 0 aliphatic carbocycles. The van der Waals surface area contributed by atoms with Crippen molar-refractivity contribution in [3.05, 3.63) is 0 Å². The van der Waals surface area contributed by atoms with E-state index in [1.807, 2.05) is 0 Å². The van der Waals surface area contributed by atoms with Crippen molar-refractivity contribution in [2.75, 3.05) is 20.2 Å². The largest absolute Gasteiger partial charge is 0.467 e. The number of aliphatic hydroxyl groups is 1. The Bertz CT molecular complexity index is 140. The molecular formula is C6H11NO3. The van der Waals surface area contributed by atoms with Gasteiger partial charge in [-0.1, -0.05) is 0 Å². The highest BCUT2D eigenvalue weighted by Crippen LogP contribution is 2.14. The number of esters is 1. The van der Waals surface area contributed by atoms with E-state index in [4.69, 9.17) is 0 Å². The summed E-state index contributed by atoms with van der Waals surface area (Å²) in [7, 11) is 1.28. The molecule has 1 aliphatic rings. The van der Waals surface area contributed by atoms with Gasteiger partial charge in [0.15, 0.2) is 5.60 Å². The molecule has 1 fully saturated rings. The number of hydrogen-bond donors (Lipinski definition) is 2. The van der Waals surface area contributed by atoms with Gasteiger partial charge in [-0.25, -0.2) is 4.79 Å². The Kier molecular flexibility index (Phi) is 1.92. The van der Waals surface area contributed by atoms with Crippen LogP contribution in [0.1, 0.15) is 6.42 Å². The molecule has 0 amide bonds. The van der Waals surface area contributed by atoms with Crippen molar-refractivity contribution in [3.63, 3.8) is 0 Å². The summed E-state index contributed by atoms with van der Waals surface area (Å²) >= 11 is 0. The number of carbonyl (C=O) groups is 1. The minimum Gasteiger partial charge on any atom is -0.467 e. The zero-order valence-corrected chi connectivity index (χ0v) is 5.89. The molecule has 1 atom stereocenters. The van der Waals surface area contributed by atoms with Gasteiger partial charge < -0.3 is 15.2 Å². The van der Waals surface area contributed by atoms with E-state index >= 15 is 0 Å². The Hall–Kier alpha value is -0.610. The summed E-state index contributed by atoms with van der Waals surface area (Å²) in [4.78, 5) is 10.8. The molecule has 0 unspecified atom stereocenters. The van der Waals surface area contributed by atoms with Crippen LogP contribution in [0.5, 0.6) is 0 Å². The van der Waals surface area contributed by atoms with Crippen LogP contribution in [-0.4, -0.2) is 36.9 Å². The molecule has 4 heteroatoms. The van der Waals surface area contributed by atoms with Gasteiger partial charge in [-0.3, -0.25) is 0 Å². The maximum absolute atomic E-state index is 10.8. The molecule has 1 rings (SSSR count). The van der Waals surface area contributed by atoms with Gasteiger partial charge in [0.1, 0.15) is 0 Å². The van der Waals surface area contributed by atoms with E-state index in [0.29, 0.717) is 19.5 Å². The van der Waals surface area contributed by atoms with E-state index in [1.54, 1.807) is 0 Å². The second-order valence-corrected chi connectivity index (χ2v) is 2.45. The van der Waals surface area contributed by atoms with Crippen LogP contribution < -0.4 is 5.32 Å². The van der Waals surface area contributed by atoms with Gasteiger partial charge in [-0.05, 0) is 6.54 Å². The van der Waals surface area contributed by atoms with E-state index in [2.05, 4.69) is 10.1 Å². The smallest absolute Gasteiger partial charge is 0.339 e. The van der Waals surface area contributed by atoms with Crippen molar-refractivity contribution < 1.29 is 14.6 Å². The number of methoxy groups -OCH3 is 1. The standard InChI is InChI=1S/C6H11NO3/c1-10-5(8)6(9)2-3-7-4-6/h7,9H,2-4H2,1H3/t6-/m1/s1. The first-order valence-corrected chi connectivity index (χ1v) is 3.20. The molecule has 58 valence electrons. The fraction of sp³-hybridized carbons (Fsp3) is 0.833. The molecular weight excluding hydrogens is 134 g/mol. The van der Waals surface area contributed by atoms with Crippen molar-refractivity contribution in [1.29, 1.82) is 0 Å². The SMILES string of the molecule is COC(=O)[C@@]1(O)CCNC1. The van der Waals surface area contributed by atoms with E-state index < -0.39 is 11.6 Å². The average Bonchev–Trinajstić information content (AvgIpc) is 2.36. The van der Waals surface area contributed by atoms with Crippen molar-refractivity contribution in [2.45, 2.75) is 12.0 Å². The lowest BCUT2D eigenvalue weighted by Crippen LogP contribution is -2.41. The molecule has 0 aromatic heterocycles. The van der Waals surface area contributed by atoms with E-state index in [-0.39, 0.29) is 0 Å². The van der Waals surface area contributed by atoms with Crippen molar-refractivity contribution in [2.24, 2.45) is 0 Å². The summed E-state index contributed by atoms with van der Waals surface area (Å²) in [5.41, 5.74) is -1.27. The van der Waals surface area contributed by atoms with Crippen LogP contribution >= 0.6 is 0 Å². The van der Waals surface area contributed by atoms with Gasteiger partial charge in [0.05, 0.1) is 7.11 Å². The predicted octanol–water partition coefficient (Wildman–Crippen LogP) is -1.12. The number of β-amino-alcohol motifs (C(OH)–C–C–N with tert-alkyl or cyclic N) is 1. The summed E-state index contributed by atoms with van der Waals surface area (Å²) in [6, 6.07) is 0. The fourth-order valence-electron chi connectivity index (χ4n) is 1.04. The maximum atomic E-state index is 10.8. The minimum atomic E-state index is -1.27. The molecule has 0 aromatic carbocycles. The number of rotatable bonds is 1. The molecule has 1 saturated heterocycles. The van der Waals surface area contributed by atoms with Gasteiger partial charge in [-0.2, -0.15) is 0 Å². The van der Waals surface area contributed by atoms with Crippen LogP contribution in [0.15, 0.2) is 0 Å². The van der Waals surface area contributed by atoms with Crippen LogP contribution in [0.4, 0.5) is 0 Å². The number of nitrogens with one attached hydrogen (secondary N) is 1. The fourth-order valence-corrected chi connectivity index (χ4v) is 1.04. The van der Waals surface area contributed by atoms with Crippen LogP contribution in [0.2, 0.25) is 0 Å². The Labute approximate surface area is 59.2 Å². The molecule has 0 aromatic rings. The van der Waals surface area contributed by atoms with Gasteiger partial charge in [0.25, 0.3) is 0 Å². The molecule has 1 heterocycles. The number of ether oxygens (including phenoxy) is 1. The van der Waals surface area contributed by atoms with Crippen molar-refractivity contribution in [3.8, 4) is 0 Å². The van der Waals surface area contributed by atoms with E-state index in [0.717, 1.165) is 0 Å². The molecule has 0 saturated carbocycles. The first-order valence-electron chi connectivity index (χ1n) is 3.20. The first kappa shape index (κ1) is 7.50. The normalized spacial score (nSPS) is 32.2. The Morgan fingerprint density at radius 3 is 2.90 bits per heavy atom. The van der Waals surface area contributed by atoms with Crippen LogP contribution in [-0.2, 0) is 9.53 Å². The highest BCUT2D eigenvalue weighted by molar-refractivity contribution is 5.79. The third kappa shape index (κ3) is 1.12. The van der Waals surface area contributed by atoms with Crippen LogP contribution in [0.25, 0.3) is 0 Å². The molecule has 2 N–H and O–H groups in total. The molecule has 1 aliphatic heterocycles. The maximum Gasteiger partial charge on any atom is 0.339 e.